The summed E-state index contributed by atoms with van der Waals surface area (Å²) in [6, 6.07) is 2.07. The van der Waals surface area contributed by atoms with E-state index in [-0.39, 0.29) is 5.41 Å². The number of ether oxygens (including phenoxy) is 1. The summed E-state index contributed by atoms with van der Waals surface area (Å²) in [5, 5.41) is 0. The van der Waals surface area contributed by atoms with Gasteiger partial charge in [0.25, 0.3) is 0 Å². The van der Waals surface area contributed by atoms with Gasteiger partial charge in [0, 0.05) is 11.6 Å². The smallest absolute Gasteiger partial charge is 0.141 e. The van der Waals surface area contributed by atoms with Gasteiger partial charge in [0.15, 0.2) is 0 Å². The Balaban J connectivity index is 2.53. The first-order chi connectivity index (χ1) is 6.09. The van der Waals surface area contributed by atoms with Crippen LogP contribution in [-0.4, -0.2) is 11.6 Å². The van der Waals surface area contributed by atoms with Gasteiger partial charge in [-0.15, -0.1) is 0 Å². The van der Waals surface area contributed by atoms with Crippen LogP contribution in [0, 0.1) is 6.92 Å². The first kappa shape index (κ1) is 8.54. The minimum Gasteiger partial charge on any atom is -0.492 e. The minimum absolute atomic E-state index is 0.168. The lowest BCUT2D eigenvalue weighted by Crippen LogP contribution is -2.27. The topological polar surface area (TPSA) is 22.1 Å². The molecule has 0 aliphatic carbocycles. The van der Waals surface area contributed by atoms with Crippen molar-refractivity contribution in [1.29, 1.82) is 0 Å². The quantitative estimate of drug-likeness (QED) is 0.607. The molecule has 2 nitrogen and oxygen atoms in total. The van der Waals surface area contributed by atoms with Crippen molar-refractivity contribution >= 4 is 0 Å². The number of aryl methyl sites for hydroxylation is 1. The predicted molar refractivity (Wildman–Crippen MR) is 52.1 cm³/mol. The number of pyridine rings is 1. The molecular formula is C11H15NO. The molecule has 0 atom stereocenters. The van der Waals surface area contributed by atoms with Gasteiger partial charge in [0.05, 0.1) is 12.3 Å². The van der Waals surface area contributed by atoms with Gasteiger partial charge in [-0.2, -0.15) is 0 Å². The SMILES string of the molecule is Cc1cnc2c(c1)OCCC2(C)C. The largest absolute Gasteiger partial charge is 0.492 e. The van der Waals surface area contributed by atoms with Crippen molar-refractivity contribution < 1.29 is 4.74 Å². The fourth-order valence-electron chi connectivity index (χ4n) is 1.70. The Hall–Kier alpha value is -1.05. The van der Waals surface area contributed by atoms with Crippen LogP contribution in [0.15, 0.2) is 12.3 Å². The van der Waals surface area contributed by atoms with Gasteiger partial charge in [-0.3, -0.25) is 4.98 Å². The molecular weight excluding hydrogens is 162 g/mol. The van der Waals surface area contributed by atoms with E-state index in [0.717, 1.165) is 30.0 Å². The molecule has 0 N–H and O–H groups in total. The molecule has 70 valence electrons. The van der Waals surface area contributed by atoms with Gasteiger partial charge < -0.3 is 4.74 Å². The van der Waals surface area contributed by atoms with Crippen LogP contribution in [0.25, 0.3) is 0 Å². The Morgan fingerprint density at radius 2 is 2.23 bits per heavy atom. The Labute approximate surface area is 78.9 Å². The number of aromatic nitrogens is 1. The third-order valence-electron chi connectivity index (χ3n) is 2.62. The summed E-state index contributed by atoms with van der Waals surface area (Å²) in [4.78, 5) is 4.45. The first-order valence-corrected chi connectivity index (χ1v) is 4.69. The molecule has 1 aromatic rings. The highest BCUT2D eigenvalue weighted by Gasteiger charge is 2.29. The van der Waals surface area contributed by atoms with Gasteiger partial charge in [0.1, 0.15) is 5.75 Å². The molecule has 0 spiro atoms. The van der Waals surface area contributed by atoms with E-state index in [1.54, 1.807) is 0 Å². The van der Waals surface area contributed by atoms with E-state index in [1.807, 2.05) is 13.1 Å². The molecule has 0 amide bonds. The Kier molecular flexibility index (Phi) is 1.79. The Morgan fingerprint density at radius 3 is 3.00 bits per heavy atom. The van der Waals surface area contributed by atoms with Gasteiger partial charge in [-0.1, -0.05) is 13.8 Å². The van der Waals surface area contributed by atoms with Gasteiger partial charge in [0.2, 0.25) is 0 Å². The first-order valence-electron chi connectivity index (χ1n) is 4.69. The molecule has 1 aliphatic rings. The number of rotatable bonds is 0. The predicted octanol–water partition coefficient (Wildman–Crippen LogP) is 2.45. The lowest BCUT2D eigenvalue weighted by molar-refractivity contribution is 0.228. The molecule has 1 aromatic heterocycles. The molecule has 0 radical (unpaired) electrons. The summed E-state index contributed by atoms with van der Waals surface area (Å²) in [5.41, 5.74) is 2.43. The van der Waals surface area contributed by atoms with E-state index in [2.05, 4.69) is 24.9 Å². The summed E-state index contributed by atoms with van der Waals surface area (Å²) >= 11 is 0. The maximum absolute atomic E-state index is 5.58. The number of hydrogen-bond donors (Lipinski definition) is 0. The number of nitrogens with zero attached hydrogens (tertiary/aromatic N) is 1. The molecule has 0 bridgehead atoms. The van der Waals surface area contributed by atoms with Crippen LogP contribution in [0.3, 0.4) is 0 Å². The van der Waals surface area contributed by atoms with Crippen LogP contribution in [0.2, 0.25) is 0 Å². The third-order valence-corrected chi connectivity index (χ3v) is 2.62. The second-order valence-electron chi connectivity index (χ2n) is 4.34. The van der Waals surface area contributed by atoms with Gasteiger partial charge in [-0.05, 0) is 25.0 Å². The summed E-state index contributed by atoms with van der Waals surface area (Å²) in [6.07, 6.45) is 2.96. The normalized spacial score (nSPS) is 19.0. The van der Waals surface area contributed by atoms with E-state index in [4.69, 9.17) is 4.74 Å². The van der Waals surface area contributed by atoms with Crippen LogP contribution in [0.5, 0.6) is 5.75 Å². The van der Waals surface area contributed by atoms with Crippen molar-refractivity contribution in [3.63, 3.8) is 0 Å². The maximum Gasteiger partial charge on any atom is 0.141 e. The highest BCUT2D eigenvalue weighted by molar-refractivity contribution is 5.37. The summed E-state index contributed by atoms with van der Waals surface area (Å²) < 4.78 is 5.58. The van der Waals surface area contributed by atoms with E-state index in [9.17, 15) is 0 Å². The Bertz CT molecular complexity index is 331. The van der Waals surface area contributed by atoms with Crippen LogP contribution in [0.1, 0.15) is 31.5 Å². The van der Waals surface area contributed by atoms with Gasteiger partial charge in [-0.25, -0.2) is 0 Å². The molecule has 2 heteroatoms. The zero-order chi connectivity index (χ0) is 9.47. The lowest BCUT2D eigenvalue weighted by Gasteiger charge is -2.31. The lowest BCUT2D eigenvalue weighted by atomic mass is 9.83. The van der Waals surface area contributed by atoms with Crippen LogP contribution in [0.4, 0.5) is 0 Å². The second-order valence-corrected chi connectivity index (χ2v) is 4.34. The molecule has 13 heavy (non-hydrogen) atoms. The van der Waals surface area contributed by atoms with Crippen molar-refractivity contribution in [3.05, 3.63) is 23.5 Å². The molecule has 2 rings (SSSR count). The molecule has 0 saturated carbocycles. The fourth-order valence-corrected chi connectivity index (χ4v) is 1.70. The van der Waals surface area contributed by atoms with Crippen molar-refractivity contribution in [2.75, 3.05) is 6.61 Å². The third kappa shape index (κ3) is 1.41. The van der Waals surface area contributed by atoms with E-state index in [0.29, 0.717) is 0 Å². The Morgan fingerprint density at radius 1 is 1.46 bits per heavy atom. The molecule has 0 unspecified atom stereocenters. The van der Waals surface area contributed by atoms with Crippen LogP contribution in [-0.2, 0) is 5.41 Å². The van der Waals surface area contributed by atoms with Crippen LogP contribution < -0.4 is 4.74 Å². The number of hydrogen-bond acceptors (Lipinski definition) is 2. The van der Waals surface area contributed by atoms with E-state index < -0.39 is 0 Å². The highest BCUT2D eigenvalue weighted by atomic mass is 16.5. The number of fused-ring (bicyclic) bond motifs is 1. The molecule has 0 fully saturated rings. The van der Waals surface area contributed by atoms with Crippen LogP contribution >= 0.6 is 0 Å². The molecule has 0 aromatic carbocycles. The van der Waals surface area contributed by atoms with Gasteiger partial charge >= 0.3 is 0 Å². The summed E-state index contributed by atoms with van der Waals surface area (Å²) in [7, 11) is 0. The van der Waals surface area contributed by atoms with Crippen molar-refractivity contribution in [1.82, 2.24) is 4.98 Å². The average Bonchev–Trinajstić information content (AvgIpc) is 2.02. The molecule has 2 heterocycles. The highest BCUT2D eigenvalue weighted by Crippen LogP contribution is 2.36. The van der Waals surface area contributed by atoms with Crippen molar-refractivity contribution in [2.24, 2.45) is 0 Å². The average molecular weight is 177 g/mol. The minimum atomic E-state index is 0.168. The van der Waals surface area contributed by atoms with Crippen molar-refractivity contribution in [2.45, 2.75) is 32.6 Å². The van der Waals surface area contributed by atoms with E-state index >= 15 is 0 Å². The standard InChI is InChI=1S/C11H15NO/c1-8-6-9-10(12-7-8)11(2,3)4-5-13-9/h6-7H,4-5H2,1-3H3. The zero-order valence-electron chi connectivity index (χ0n) is 8.42. The fraction of sp³-hybridized carbons (Fsp3) is 0.545. The zero-order valence-corrected chi connectivity index (χ0v) is 8.42. The van der Waals surface area contributed by atoms with E-state index in [1.165, 1.54) is 0 Å². The monoisotopic (exact) mass is 177 g/mol. The van der Waals surface area contributed by atoms with Crippen molar-refractivity contribution in [3.8, 4) is 5.75 Å². The summed E-state index contributed by atoms with van der Waals surface area (Å²) in [5.74, 6) is 0.969. The molecule has 0 saturated heterocycles. The molecule has 1 aliphatic heterocycles. The maximum atomic E-state index is 5.58. The second kappa shape index (κ2) is 2.72. The summed E-state index contributed by atoms with van der Waals surface area (Å²) in [6.45, 7) is 7.29.